The van der Waals surface area contributed by atoms with Crippen LogP contribution in [0.1, 0.15) is 6.42 Å². The monoisotopic (exact) mass is 285 g/mol. The van der Waals surface area contributed by atoms with Crippen LogP contribution in [0.5, 0.6) is 0 Å². The Morgan fingerprint density at radius 1 is 1.42 bits per heavy atom. The molecule has 3 aliphatic heterocycles. The summed E-state index contributed by atoms with van der Waals surface area (Å²) in [7, 11) is -0.378. The fourth-order valence-corrected chi connectivity index (χ4v) is 2.59. The summed E-state index contributed by atoms with van der Waals surface area (Å²) < 4.78 is 17.1. The lowest BCUT2D eigenvalue weighted by Gasteiger charge is -2.24. The third-order valence-electron chi connectivity index (χ3n) is 3.44. The van der Waals surface area contributed by atoms with Crippen molar-refractivity contribution in [1.29, 1.82) is 0 Å². The van der Waals surface area contributed by atoms with E-state index in [-0.39, 0.29) is 38.3 Å². The Morgan fingerprint density at radius 3 is 3.00 bits per heavy atom. The van der Waals surface area contributed by atoms with Crippen LogP contribution in [0.25, 0.3) is 0 Å². The first kappa shape index (κ1) is 14.6. The first-order valence-electron chi connectivity index (χ1n) is 6.18. The van der Waals surface area contributed by atoms with Crippen LogP contribution in [0, 0.1) is 0 Å². The molecular formula is C12H17BClNO4. The molecule has 2 atom stereocenters. The highest BCUT2D eigenvalue weighted by Crippen LogP contribution is 2.37. The fourth-order valence-electron chi connectivity index (χ4n) is 2.59. The number of rotatable bonds is 3. The molecule has 0 aromatic rings. The van der Waals surface area contributed by atoms with Gasteiger partial charge in [0.15, 0.2) is 0 Å². The van der Waals surface area contributed by atoms with Gasteiger partial charge in [0.2, 0.25) is 0 Å². The van der Waals surface area contributed by atoms with E-state index in [0.717, 1.165) is 16.6 Å². The van der Waals surface area contributed by atoms with Gasteiger partial charge in [0.25, 0.3) is 0 Å². The Morgan fingerprint density at radius 2 is 2.26 bits per heavy atom. The predicted octanol–water partition coefficient (Wildman–Crippen LogP) is 0.341. The van der Waals surface area contributed by atoms with Crippen molar-refractivity contribution >= 4 is 19.5 Å². The van der Waals surface area contributed by atoms with Crippen LogP contribution in [0.3, 0.4) is 0 Å². The summed E-state index contributed by atoms with van der Waals surface area (Å²) >= 11 is 0. The molecule has 104 valence electrons. The third kappa shape index (κ3) is 2.59. The maximum atomic E-state index is 9.09. The van der Waals surface area contributed by atoms with Crippen LogP contribution in [0.2, 0.25) is 0 Å². The molecule has 3 N–H and O–H groups in total. The summed E-state index contributed by atoms with van der Waals surface area (Å²) in [6, 6.07) is 0. The van der Waals surface area contributed by atoms with Crippen LogP contribution in [0.15, 0.2) is 35.0 Å². The Bertz CT molecular complexity index is 437. The molecular weight excluding hydrogens is 268 g/mol. The van der Waals surface area contributed by atoms with E-state index >= 15 is 0 Å². The molecule has 2 unspecified atom stereocenters. The number of allylic oxidation sites excluding steroid dienone is 3. The van der Waals surface area contributed by atoms with Crippen LogP contribution < -0.4 is 5.73 Å². The minimum atomic E-state index is -0.378. The van der Waals surface area contributed by atoms with Gasteiger partial charge in [-0.1, -0.05) is 0 Å². The van der Waals surface area contributed by atoms with Crippen LogP contribution >= 0.6 is 12.4 Å². The molecule has 0 saturated heterocycles. The molecule has 5 nitrogen and oxygen atoms in total. The fraction of sp³-hybridized carbons (Fsp3) is 0.500. The maximum Gasteiger partial charge on any atom is 0.495 e. The molecule has 0 saturated carbocycles. The molecule has 0 aliphatic carbocycles. The molecule has 0 bridgehead atoms. The first-order valence-corrected chi connectivity index (χ1v) is 6.18. The molecule has 3 rings (SSSR count). The number of hydrogen-bond acceptors (Lipinski definition) is 5. The molecule has 0 fully saturated rings. The minimum Gasteiger partial charge on any atom is -0.497 e. The van der Waals surface area contributed by atoms with Gasteiger partial charge in [0, 0.05) is 13.2 Å². The zero-order valence-electron chi connectivity index (χ0n) is 10.5. The number of ether oxygens (including phenoxy) is 1. The van der Waals surface area contributed by atoms with Gasteiger partial charge >= 0.3 is 7.12 Å². The van der Waals surface area contributed by atoms with Crippen molar-refractivity contribution in [2.24, 2.45) is 5.73 Å². The summed E-state index contributed by atoms with van der Waals surface area (Å²) in [5, 5.41) is 9.09. The Kier molecular flexibility index (Phi) is 4.70. The molecule has 0 aromatic carbocycles. The van der Waals surface area contributed by atoms with Gasteiger partial charge in [-0.25, -0.2) is 0 Å². The number of aliphatic hydroxyl groups excluding tert-OH is 1. The Labute approximate surface area is 118 Å². The van der Waals surface area contributed by atoms with Gasteiger partial charge in [0.05, 0.1) is 18.5 Å². The summed E-state index contributed by atoms with van der Waals surface area (Å²) in [5.74, 6) is 0. The minimum absolute atomic E-state index is 0. The van der Waals surface area contributed by atoms with Crippen molar-refractivity contribution in [3.05, 3.63) is 35.0 Å². The normalized spacial score (nSPS) is 28.3. The second kappa shape index (κ2) is 6.11. The summed E-state index contributed by atoms with van der Waals surface area (Å²) in [6.45, 7) is 0.993. The number of aliphatic hydroxyl groups is 1. The lowest BCUT2D eigenvalue weighted by atomic mass is 9.70. The van der Waals surface area contributed by atoms with Gasteiger partial charge in [0.1, 0.15) is 6.61 Å². The molecule has 3 aliphatic rings. The standard InChI is InChI=1S/C12H16BNO4.ClH/c14-6-9-5-8-2-4-16-7-10-11(1-3-15)18-13(17-9)12(8)10;/h2,4-5,9,11,15H,1,3,6-7,14H2;1H. The van der Waals surface area contributed by atoms with E-state index in [1.807, 2.05) is 12.2 Å². The number of nitrogens with two attached hydrogens (primary N) is 1. The van der Waals surface area contributed by atoms with Crippen LogP contribution in [-0.4, -0.2) is 44.2 Å². The Balaban J connectivity index is 0.00000133. The highest BCUT2D eigenvalue weighted by atomic mass is 35.5. The largest absolute Gasteiger partial charge is 0.497 e. The van der Waals surface area contributed by atoms with Crippen molar-refractivity contribution in [3.63, 3.8) is 0 Å². The van der Waals surface area contributed by atoms with E-state index < -0.39 is 0 Å². The van der Waals surface area contributed by atoms with Crippen LogP contribution in [-0.2, 0) is 14.0 Å². The van der Waals surface area contributed by atoms with E-state index in [9.17, 15) is 0 Å². The number of halogens is 1. The summed E-state index contributed by atoms with van der Waals surface area (Å²) in [6.07, 6.45) is 5.91. The van der Waals surface area contributed by atoms with Crippen molar-refractivity contribution in [3.8, 4) is 0 Å². The van der Waals surface area contributed by atoms with Crippen molar-refractivity contribution < 1.29 is 19.2 Å². The van der Waals surface area contributed by atoms with Gasteiger partial charge < -0.3 is 24.9 Å². The van der Waals surface area contributed by atoms with E-state index in [2.05, 4.69) is 0 Å². The van der Waals surface area contributed by atoms with Gasteiger partial charge in [-0.2, -0.15) is 0 Å². The molecule has 0 amide bonds. The van der Waals surface area contributed by atoms with E-state index in [4.69, 9.17) is 24.9 Å². The van der Waals surface area contributed by atoms with E-state index in [1.165, 1.54) is 0 Å². The average molecular weight is 286 g/mol. The lowest BCUT2D eigenvalue weighted by molar-refractivity contribution is 0.124. The van der Waals surface area contributed by atoms with Crippen molar-refractivity contribution in [2.75, 3.05) is 19.8 Å². The lowest BCUT2D eigenvalue weighted by Crippen LogP contribution is -2.37. The number of hydrogen-bond donors (Lipinski definition) is 2. The molecule has 0 spiro atoms. The average Bonchev–Trinajstić information content (AvgIpc) is 2.58. The van der Waals surface area contributed by atoms with Gasteiger partial charge in [-0.3, -0.25) is 0 Å². The smallest absolute Gasteiger partial charge is 0.495 e. The topological polar surface area (TPSA) is 73.9 Å². The molecule has 7 heteroatoms. The molecule has 3 heterocycles. The van der Waals surface area contributed by atoms with E-state index in [0.29, 0.717) is 19.6 Å². The predicted molar refractivity (Wildman–Crippen MR) is 73.7 cm³/mol. The van der Waals surface area contributed by atoms with Gasteiger partial charge in [-0.05, 0) is 35.2 Å². The maximum absolute atomic E-state index is 9.09. The van der Waals surface area contributed by atoms with Crippen molar-refractivity contribution in [1.82, 2.24) is 0 Å². The third-order valence-corrected chi connectivity index (χ3v) is 3.44. The van der Waals surface area contributed by atoms with Crippen molar-refractivity contribution in [2.45, 2.75) is 18.6 Å². The highest BCUT2D eigenvalue weighted by molar-refractivity contribution is 6.57. The molecule has 0 radical (unpaired) electrons. The first-order chi connectivity index (χ1) is 8.83. The molecule has 0 aromatic heterocycles. The highest BCUT2D eigenvalue weighted by Gasteiger charge is 2.44. The quantitative estimate of drug-likeness (QED) is 0.732. The zero-order valence-corrected chi connectivity index (χ0v) is 11.3. The second-order valence-electron chi connectivity index (χ2n) is 4.55. The summed E-state index contributed by atoms with van der Waals surface area (Å²) in [5.41, 5.74) is 8.83. The SMILES string of the molecule is Cl.NCC1C=C2C=COCC3=C2B(O1)OC3CCO. The van der Waals surface area contributed by atoms with Gasteiger partial charge in [-0.15, -0.1) is 12.4 Å². The molecule has 19 heavy (non-hydrogen) atoms. The van der Waals surface area contributed by atoms with E-state index in [1.54, 1.807) is 6.26 Å². The summed E-state index contributed by atoms with van der Waals surface area (Å²) in [4.78, 5) is 0. The zero-order chi connectivity index (χ0) is 12.5. The van der Waals surface area contributed by atoms with Crippen LogP contribution in [0.4, 0.5) is 0 Å². The second-order valence-corrected chi connectivity index (χ2v) is 4.55. The Hall–Kier alpha value is -0.785.